The van der Waals surface area contributed by atoms with Gasteiger partial charge in [-0.3, -0.25) is 4.57 Å². The largest absolute Gasteiger partial charge is 0.399 e. The molecule has 2 rings (SSSR count). The molecule has 4 N–H and O–H groups in total. The summed E-state index contributed by atoms with van der Waals surface area (Å²) in [6.07, 6.45) is -1.68. The second kappa shape index (κ2) is 5.34. The van der Waals surface area contributed by atoms with Crippen LogP contribution in [-0.2, 0) is 9.57 Å². The topological polar surface area (TPSA) is 132 Å². The molecule has 1 aliphatic heterocycles. The van der Waals surface area contributed by atoms with Crippen molar-refractivity contribution in [3.63, 3.8) is 0 Å². The van der Waals surface area contributed by atoms with E-state index < -0.39 is 30.7 Å². The van der Waals surface area contributed by atoms with Crippen molar-refractivity contribution >= 4 is 11.5 Å². The van der Waals surface area contributed by atoms with Crippen molar-refractivity contribution in [3.8, 4) is 0 Å². The Morgan fingerprint density at radius 1 is 1.68 bits per heavy atom. The molecule has 1 aliphatic rings. The van der Waals surface area contributed by atoms with Crippen molar-refractivity contribution < 1.29 is 19.8 Å². The van der Waals surface area contributed by atoms with Crippen LogP contribution in [0.25, 0.3) is 0 Å². The third kappa shape index (κ3) is 2.43. The van der Waals surface area contributed by atoms with Gasteiger partial charge in [-0.2, -0.15) is 4.98 Å². The van der Waals surface area contributed by atoms with Gasteiger partial charge in [0, 0.05) is 6.20 Å². The summed E-state index contributed by atoms with van der Waals surface area (Å²) in [5, 5.41) is 22.6. The second-order valence-corrected chi connectivity index (χ2v) is 3.90. The van der Waals surface area contributed by atoms with Crippen LogP contribution >= 0.6 is 0 Å². The zero-order valence-electron chi connectivity index (χ0n) is 10.1. The number of nitrogen functional groups attached to an aromatic ring is 1. The smallest absolute Gasteiger partial charge is 0.351 e. The lowest BCUT2D eigenvalue weighted by atomic mass is 10.1. The summed E-state index contributed by atoms with van der Waals surface area (Å²) in [6.45, 7) is -0.419. The Morgan fingerprint density at radius 3 is 3.00 bits per heavy atom. The molecule has 0 unspecified atom stereocenters. The molecule has 104 valence electrons. The van der Waals surface area contributed by atoms with E-state index in [4.69, 9.17) is 15.6 Å². The third-order valence-electron chi connectivity index (χ3n) is 2.69. The van der Waals surface area contributed by atoms with Gasteiger partial charge in [0.2, 0.25) is 0 Å². The highest BCUT2D eigenvalue weighted by Crippen LogP contribution is 2.25. The second-order valence-electron chi connectivity index (χ2n) is 3.90. The molecule has 0 aromatic carbocycles. The Balaban J connectivity index is 2.42. The summed E-state index contributed by atoms with van der Waals surface area (Å²) in [7, 11) is 1.30. The molecule has 1 fully saturated rings. The molecule has 0 aliphatic carbocycles. The maximum atomic E-state index is 11.7. The fraction of sp³-hybridized carbons (Fsp3) is 0.500. The number of anilines is 1. The number of hydrogen-bond acceptors (Lipinski definition) is 8. The van der Waals surface area contributed by atoms with Crippen molar-refractivity contribution in [3.05, 3.63) is 22.7 Å². The molecule has 3 atom stereocenters. The zero-order chi connectivity index (χ0) is 14.0. The normalized spacial score (nSPS) is 28.8. The highest BCUT2D eigenvalue weighted by Gasteiger charge is 2.42. The first-order valence-corrected chi connectivity index (χ1v) is 5.48. The minimum absolute atomic E-state index is 0.0729. The van der Waals surface area contributed by atoms with E-state index >= 15 is 0 Å². The first-order chi connectivity index (χ1) is 9.08. The molecule has 0 saturated carbocycles. The van der Waals surface area contributed by atoms with Crippen LogP contribution in [0.2, 0.25) is 0 Å². The SMILES string of the molecule is CO/N=C1\[C@H](n2ccc(N)nc2=O)O[C@H](CO)[C@H]1O. The Morgan fingerprint density at radius 2 is 2.42 bits per heavy atom. The monoisotopic (exact) mass is 270 g/mol. The molecule has 0 bridgehead atoms. The van der Waals surface area contributed by atoms with Crippen molar-refractivity contribution in [1.29, 1.82) is 0 Å². The predicted octanol–water partition coefficient (Wildman–Crippen LogP) is -1.92. The molecule has 1 saturated heterocycles. The summed E-state index contributed by atoms with van der Waals surface area (Å²) in [5.74, 6) is 0.0729. The Kier molecular flexibility index (Phi) is 3.79. The lowest BCUT2D eigenvalue weighted by molar-refractivity contribution is -0.0441. The number of nitrogens with two attached hydrogens (primary N) is 1. The minimum Gasteiger partial charge on any atom is -0.399 e. The van der Waals surface area contributed by atoms with Crippen LogP contribution in [0.4, 0.5) is 5.82 Å². The molecular formula is C10H14N4O5. The van der Waals surface area contributed by atoms with Gasteiger partial charge in [0.15, 0.2) is 6.23 Å². The Bertz CT molecular complexity index is 543. The van der Waals surface area contributed by atoms with Gasteiger partial charge in [-0.05, 0) is 6.07 Å². The van der Waals surface area contributed by atoms with Crippen molar-refractivity contribution in [2.24, 2.45) is 5.16 Å². The fourth-order valence-corrected chi connectivity index (χ4v) is 1.81. The van der Waals surface area contributed by atoms with Gasteiger partial charge < -0.3 is 25.5 Å². The highest BCUT2D eigenvalue weighted by atomic mass is 16.6. The van der Waals surface area contributed by atoms with Crippen LogP contribution in [0.15, 0.2) is 22.2 Å². The number of rotatable bonds is 3. The Hall–Kier alpha value is -1.97. The van der Waals surface area contributed by atoms with Gasteiger partial charge in [-0.25, -0.2) is 4.79 Å². The molecule has 1 aromatic rings. The number of nitrogens with zero attached hydrogens (tertiary/aromatic N) is 3. The number of aliphatic hydroxyl groups excluding tert-OH is 2. The quantitative estimate of drug-likeness (QED) is 0.545. The lowest BCUT2D eigenvalue weighted by Crippen LogP contribution is -2.32. The number of ether oxygens (including phenoxy) is 1. The number of hydrogen-bond donors (Lipinski definition) is 3. The first-order valence-electron chi connectivity index (χ1n) is 5.48. The molecule has 0 amide bonds. The predicted molar refractivity (Wildman–Crippen MR) is 64.4 cm³/mol. The van der Waals surface area contributed by atoms with E-state index in [1.807, 2.05) is 0 Å². The molecule has 9 nitrogen and oxygen atoms in total. The third-order valence-corrected chi connectivity index (χ3v) is 2.69. The Labute approximate surface area is 107 Å². The van der Waals surface area contributed by atoms with Crippen LogP contribution in [0, 0.1) is 0 Å². The van der Waals surface area contributed by atoms with E-state index in [0.717, 1.165) is 4.57 Å². The van der Waals surface area contributed by atoms with Crippen LogP contribution in [0.1, 0.15) is 6.23 Å². The first kappa shape index (κ1) is 13.5. The van der Waals surface area contributed by atoms with E-state index in [2.05, 4.69) is 15.0 Å². The summed E-state index contributed by atoms with van der Waals surface area (Å²) in [6, 6.07) is 1.41. The van der Waals surface area contributed by atoms with Crippen LogP contribution in [0.3, 0.4) is 0 Å². The minimum atomic E-state index is -1.17. The fourth-order valence-electron chi connectivity index (χ4n) is 1.81. The summed E-state index contributed by atoms with van der Waals surface area (Å²) >= 11 is 0. The van der Waals surface area contributed by atoms with Crippen LogP contribution in [0.5, 0.6) is 0 Å². The zero-order valence-corrected chi connectivity index (χ0v) is 10.1. The van der Waals surface area contributed by atoms with Crippen LogP contribution < -0.4 is 11.4 Å². The number of aromatic nitrogens is 2. The van der Waals surface area contributed by atoms with Gasteiger partial charge in [0.1, 0.15) is 30.8 Å². The van der Waals surface area contributed by atoms with E-state index in [9.17, 15) is 9.90 Å². The average Bonchev–Trinajstić information content (AvgIpc) is 2.68. The molecule has 0 spiro atoms. The molecule has 1 aromatic heterocycles. The van der Waals surface area contributed by atoms with Crippen molar-refractivity contribution in [1.82, 2.24) is 9.55 Å². The number of oxime groups is 1. The maximum Gasteiger partial charge on any atom is 0.351 e. The average molecular weight is 270 g/mol. The standard InChI is InChI=1S/C10H14N4O5/c1-18-13-7-8(16)5(4-15)19-9(7)14-3-2-6(11)12-10(14)17/h2-3,5,8-9,15-16H,4H2,1H3,(H2,11,12,17)/b13-7-/t5-,8-,9-/m1/s1. The summed E-state index contributed by atoms with van der Waals surface area (Å²) in [4.78, 5) is 19.9. The molecule has 9 heteroatoms. The highest BCUT2D eigenvalue weighted by molar-refractivity contribution is 5.92. The van der Waals surface area contributed by atoms with Crippen molar-refractivity contribution in [2.45, 2.75) is 18.4 Å². The van der Waals surface area contributed by atoms with E-state index in [-0.39, 0.29) is 11.5 Å². The van der Waals surface area contributed by atoms with Crippen LogP contribution in [-0.4, -0.2) is 51.4 Å². The van der Waals surface area contributed by atoms with E-state index in [1.165, 1.54) is 19.4 Å². The van der Waals surface area contributed by atoms with Gasteiger partial charge in [0.05, 0.1) is 6.61 Å². The lowest BCUT2D eigenvalue weighted by Gasteiger charge is -2.13. The summed E-state index contributed by atoms with van der Waals surface area (Å²) in [5.41, 5.74) is 4.82. The van der Waals surface area contributed by atoms with Gasteiger partial charge in [-0.1, -0.05) is 5.16 Å². The van der Waals surface area contributed by atoms with Gasteiger partial charge in [-0.15, -0.1) is 0 Å². The van der Waals surface area contributed by atoms with Crippen molar-refractivity contribution in [2.75, 3.05) is 19.5 Å². The maximum absolute atomic E-state index is 11.7. The van der Waals surface area contributed by atoms with E-state index in [0.29, 0.717) is 0 Å². The molecular weight excluding hydrogens is 256 g/mol. The van der Waals surface area contributed by atoms with Gasteiger partial charge in [0.25, 0.3) is 0 Å². The van der Waals surface area contributed by atoms with Gasteiger partial charge >= 0.3 is 5.69 Å². The van der Waals surface area contributed by atoms with E-state index in [1.54, 1.807) is 0 Å². The molecule has 0 radical (unpaired) electrons. The number of aliphatic hydroxyl groups is 2. The molecule has 19 heavy (non-hydrogen) atoms. The molecule has 2 heterocycles. The summed E-state index contributed by atoms with van der Waals surface area (Å²) < 4.78 is 6.47.